The number of likely N-dealkylation sites (tertiary alicyclic amines) is 2. The molecule has 3 N–H and O–H groups in total. The number of nitrogens with zero attached hydrogens (tertiary/aromatic N) is 2. The largest absolute Gasteiger partial charge is 0.496 e. The van der Waals surface area contributed by atoms with Crippen molar-refractivity contribution in [1.82, 2.24) is 15.1 Å². The van der Waals surface area contributed by atoms with Gasteiger partial charge in [0.25, 0.3) is 5.91 Å². The summed E-state index contributed by atoms with van der Waals surface area (Å²) >= 11 is 6.10. The molecular weight excluding hydrogens is 428 g/mol. The zero-order valence-electron chi connectivity index (χ0n) is 18.9. The van der Waals surface area contributed by atoms with Gasteiger partial charge in [-0.3, -0.25) is 9.59 Å². The fourth-order valence-corrected chi connectivity index (χ4v) is 4.72. The van der Waals surface area contributed by atoms with Gasteiger partial charge < -0.3 is 25.6 Å². The van der Waals surface area contributed by atoms with Crippen LogP contribution in [0.25, 0.3) is 0 Å². The first-order valence-electron chi connectivity index (χ1n) is 11.5. The highest BCUT2D eigenvalue weighted by molar-refractivity contribution is 6.33. The molecule has 8 heteroatoms. The van der Waals surface area contributed by atoms with Crippen molar-refractivity contribution in [3.05, 3.63) is 35.4 Å². The molecule has 2 aliphatic heterocycles. The molecule has 0 atom stereocenters. The number of nitrogens with one attached hydrogen (secondary N) is 1. The Balaban J connectivity index is 1.41. The zero-order chi connectivity index (χ0) is 23.1. The lowest BCUT2D eigenvalue weighted by atomic mass is 9.94. The summed E-state index contributed by atoms with van der Waals surface area (Å²) in [5.74, 6) is 1.12. The van der Waals surface area contributed by atoms with E-state index in [2.05, 4.69) is 16.8 Å². The maximum atomic E-state index is 12.8. The first-order chi connectivity index (χ1) is 15.4. The summed E-state index contributed by atoms with van der Waals surface area (Å²) in [7, 11) is 1.51. The molecule has 0 unspecified atom stereocenters. The second kappa shape index (κ2) is 11.6. The predicted molar refractivity (Wildman–Crippen MR) is 128 cm³/mol. The number of rotatable bonds is 8. The molecule has 32 heavy (non-hydrogen) atoms. The van der Waals surface area contributed by atoms with Gasteiger partial charge >= 0.3 is 0 Å². The highest BCUT2D eigenvalue weighted by Gasteiger charge is 2.27. The Labute approximate surface area is 195 Å². The number of benzene rings is 1. The molecule has 7 nitrogen and oxygen atoms in total. The van der Waals surface area contributed by atoms with Crippen LogP contribution in [0.4, 0.5) is 5.69 Å². The Hall–Kier alpha value is -2.25. The standard InChI is InChI=1S/C24H35ClN4O3/c1-3-4-5-23(30)29-12-6-17(7-13-29)16-28-10-8-18(9-11-28)27-24(31)19-14-20(25)21(26)15-22(19)32-2/h3,14-15,17-18H,1,4-13,16,26H2,2H3,(H,27,31). The average Bonchev–Trinajstić information content (AvgIpc) is 2.80. The average molecular weight is 463 g/mol. The van der Waals surface area contributed by atoms with Crippen LogP contribution in [0.1, 0.15) is 48.9 Å². The van der Waals surface area contributed by atoms with Crippen LogP contribution in [-0.2, 0) is 4.79 Å². The van der Waals surface area contributed by atoms with Gasteiger partial charge in [-0.1, -0.05) is 17.7 Å². The highest BCUT2D eigenvalue weighted by Crippen LogP contribution is 2.29. The van der Waals surface area contributed by atoms with Crippen LogP contribution in [-0.4, -0.2) is 67.5 Å². The smallest absolute Gasteiger partial charge is 0.255 e. The third-order valence-electron chi connectivity index (χ3n) is 6.53. The van der Waals surface area contributed by atoms with Crippen LogP contribution in [0, 0.1) is 5.92 Å². The molecule has 0 saturated carbocycles. The Bertz CT molecular complexity index is 816. The summed E-state index contributed by atoms with van der Waals surface area (Å²) in [6.07, 6.45) is 7.08. The van der Waals surface area contributed by atoms with Crippen molar-refractivity contribution >= 4 is 29.1 Å². The predicted octanol–water partition coefficient (Wildman–Crippen LogP) is 3.33. The van der Waals surface area contributed by atoms with E-state index < -0.39 is 0 Å². The van der Waals surface area contributed by atoms with Gasteiger partial charge in [-0.25, -0.2) is 0 Å². The molecule has 2 aliphatic rings. The van der Waals surface area contributed by atoms with E-state index in [0.717, 1.165) is 64.8 Å². The lowest BCUT2D eigenvalue weighted by molar-refractivity contribution is -0.132. The lowest BCUT2D eigenvalue weighted by Gasteiger charge is -2.38. The number of nitrogen functional groups attached to an aromatic ring is 1. The van der Waals surface area contributed by atoms with Crippen molar-refractivity contribution in [2.45, 2.75) is 44.6 Å². The molecule has 2 fully saturated rings. The number of carbonyl (C=O) groups excluding carboxylic acids is 2. The molecule has 0 spiro atoms. The fourth-order valence-electron chi connectivity index (χ4n) is 4.55. The number of ether oxygens (including phenoxy) is 1. The third-order valence-corrected chi connectivity index (χ3v) is 6.86. The SMILES string of the molecule is C=CCCC(=O)N1CCC(CN2CCC(NC(=O)c3cc(Cl)c(N)cc3OC)CC2)CC1. The van der Waals surface area contributed by atoms with Crippen molar-refractivity contribution in [3.63, 3.8) is 0 Å². The van der Waals surface area contributed by atoms with Gasteiger partial charge in [0.1, 0.15) is 5.75 Å². The van der Waals surface area contributed by atoms with Gasteiger partial charge in [-0.05, 0) is 44.1 Å². The second-order valence-corrected chi connectivity index (χ2v) is 9.18. The van der Waals surface area contributed by atoms with Gasteiger partial charge in [0.05, 0.1) is 23.4 Å². The number of hydrogen-bond acceptors (Lipinski definition) is 5. The minimum atomic E-state index is -0.185. The maximum absolute atomic E-state index is 12.8. The molecule has 0 aromatic heterocycles. The molecule has 1 aromatic carbocycles. The number of halogens is 1. The number of amides is 2. The van der Waals surface area contributed by atoms with Gasteiger partial charge in [0.2, 0.25) is 5.91 Å². The summed E-state index contributed by atoms with van der Waals surface area (Å²) in [6, 6.07) is 3.27. The van der Waals surface area contributed by atoms with E-state index in [0.29, 0.717) is 34.4 Å². The maximum Gasteiger partial charge on any atom is 0.255 e. The number of allylic oxidation sites excluding steroid dienone is 1. The molecule has 1 aromatic rings. The lowest BCUT2D eigenvalue weighted by Crippen LogP contribution is -2.47. The first kappa shape index (κ1) is 24.4. The Morgan fingerprint density at radius 2 is 1.91 bits per heavy atom. The van der Waals surface area contributed by atoms with Crippen molar-refractivity contribution in [3.8, 4) is 5.75 Å². The Morgan fingerprint density at radius 3 is 2.53 bits per heavy atom. The molecule has 2 heterocycles. The number of nitrogens with two attached hydrogens (primary N) is 1. The molecule has 0 radical (unpaired) electrons. The molecule has 2 amide bonds. The summed E-state index contributed by atoms with van der Waals surface area (Å²) in [4.78, 5) is 29.4. The van der Waals surface area contributed by atoms with Crippen LogP contribution < -0.4 is 15.8 Å². The van der Waals surface area contributed by atoms with Crippen LogP contribution >= 0.6 is 11.6 Å². The van der Waals surface area contributed by atoms with Crippen molar-refractivity contribution in [2.24, 2.45) is 5.92 Å². The highest BCUT2D eigenvalue weighted by atomic mass is 35.5. The van der Waals surface area contributed by atoms with E-state index in [1.807, 2.05) is 4.90 Å². The molecule has 0 bridgehead atoms. The van der Waals surface area contributed by atoms with Gasteiger partial charge in [0, 0.05) is 51.3 Å². The van der Waals surface area contributed by atoms with E-state index >= 15 is 0 Å². The van der Waals surface area contributed by atoms with Gasteiger partial charge in [-0.15, -0.1) is 6.58 Å². The van der Waals surface area contributed by atoms with Crippen molar-refractivity contribution in [2.75, 3.05) is 45.6 Å². The van der Waals surface area contributed by atoms with Crippen LogP contribution in [0.5, 0.6) is 5.75 Å². The quantitative estimate of drug-likeness (QED) is 0.457. The van der Waals surface area contributed by atoms with Crippen LogP contribution in [0.15, 0.2) is 24.8 Å². The zero-order valence-corrected chi connectivity index (χ0v) is 19.7. The number of hydrogen-bond donors (Lipinski definition) is 2. The number of piperidine rings is 2. The minimum Gasteiger partial charge on any atom is -0.496 e. The monoisotopic (exact) mass is 462 g/mol. The summed E-state index contributed by atoms with van der Waals surface area (Å²) in [5.41, 5.74) is 6.61. The van der Waals surface area contributed by atoms with E-state index in [9.17, 15) is 9.59 Å². The van der Waals surface area contributed by atoms with E-state index in [4.69, 9.17) is 22.1 Å². The molecular formula is C24H35ClN4O3. The number of anilines is 1. The van der Waals surface area contributed by atoms with Gasteiger partial charge in [0.15, 0.2) is 0 Å². The summed E-state index contributed by atoms with van der Waals surface area (Å²) in [5, 5.41) is 3.47. The summed E-state index contributed by atoms with van der Waals surface area (Å²) in [6.45, 7) is 8.40. The van der Waals surface area contributed by atoms with Crippen LogP contribution in [0.2, 0.25) is 5.02 Å². The number of carbonyl (C=O) groups is 2. The Kier molecular flexibility index (Phi) is 8.82. The van der Waals surface area contributed by atoms with E-state index in [-0.39, 0.29) is 17.9 Å². The fraction of sp³-hybridized carbons (Fsp3) is 0.583. The molecule has 176 valence electrons. The van der Waals surface area contributed by atoms with E-state index in [1.54, 1.807) is 18.2 Å². The normalized spacial score (nSPS) is 18.4. The molecule has 3 rings (SSSR count). The minimum absolute atomic E-state index is 0.129. The van der Waals surface area contributed by atoms with Crippen molar-refractivity contribution < 1.29 is 14.3 Å². The number of methoxy groups -OCH3 is 1. The topological polar surface area (TPSA) is 87.9 Å². The molecule has 2 saturated heterocycles. The van der Waals surface area contributed by atoms with E-state index in [1.165, 1.54) is 7.11 Å². The van der Waals surface area contributed by atoms with Gasteiger partial charge in [-0.2, -0.15) is 0 Å². The Morgan fingerprint density at radius 1 is 1.22 bits per heavy atom. The van der Waals surface area contributed by atoms with Crippen LogP contribution in [0.3, 0.4) is 0 Å². The second-order valence-electron chi connectivity index (χ2n) is 8.77. The van der Waals surface area contributed by atoms with Crippen molar-refractivity contribution in [1.29, 1.82) is 0 Å². The molecule has 0 aliphatic carbocycles. The first-order valence-corrected chi connectivity index (χ1v) is 11.8. The summed E-state index contributed by atoms with van der Waals surface area (Å²) < 4.78 is 5.30. The third kappa shape index (κ3) is 6.39.